The third-order valence-electron chi connectivity index (χ3n) is 3.72. The number of benzene rings is 1. The molecule has 0 radical (unpaired) electrons. The summed E-state index contributed by atoms with van der Waals surface area (Å²) in [5.41, 5.74) is 3.70. The van der Waals surface area contributed by atoms with E-state index < -0.39 is 0 Å². The lowest BCUT2D eigenvalue weighted by atomic mass is 9.91. The zero-order chi connectivity index (χ0) is 14.1. The number of thiocarbonyl (C=S) groups is 1. The molecule has 2 aliphatic rings. The molecule has 1 aliphatic heterocycles. The number of dihydropyridines is 1. The number of allylic oxidation sites excluding steroid dienone is 1. The molecule has 0 N–H and O–H groups in total. The second-order valence-electron chi connectivity index (χ2n) is 5.05. The van der Waals surface area contributed by atoms with Gasteiger partial charge in [-0.2, -0.15) is 5.26 Å². The maximum Gasteiger partial charge on any atom is 0.144 e. The molecule has 100 valence electrons. The van der Waals surface area contributed by atoms with Crippen LogP contribution in [0.2, 0.25) is 0 Å². The van der Waals surface area contributed by atoms with Crippen molar-refractivity contribution in [1.82, 2.24) is 0 Å². The van der Waals surface area contributed by atoms with Crippen molar-refractivity contribution in [3.05, 3.63) is 35.4 Å². The van der Waals surface area contributed by atoms with E-state index in [1.807, 2.05) is 24.3 Å². The first-order chi connectivity index (χ1) is 9.72. The average Bonchev–Trinajstić information content (AvgIpc) is 3.31. The van der Waals surface area contributed by atoms with Gasteiger partial charge in [0.05, 0.1) is 12.7 Å². The minimum Gasteiger partial charge on any atom is -0.497 e. The fourth-order valence-corrected chi connectivity index (χ4v) is 2.72. The predicted octanol–water partition coefficient (Wildman–Crippen LogP) is 3.55. The summed E-state index contributed by atoms with van der Waals surface area (Å²) in [5, 5.41) is 9.35. The SMILES string of the molecule is COc1ccc(C2=C(C#N)C(=S)N=C(C3CC3)C2)cc1. The Kier molecular flexibility index (Phi) is 3.37. The van der Waals surface area contributed by atoms with Gasteiger partial charge >= 0.3 is 0 Å². The molecule has 0 aromatic heterocycles. The number of rotatable bonds is 3. The molecule has 20 heavy (non-hydrogen) atoms. The van der Waals surface area contributed by atoms with Crippen molar-refractivity contribution in [3.63, 3.8) is 0 Å². The Morgan fingerprint density at radius 3 is 2.55 bits per heavy atom. The van der Waals surface area contributed by atoms with Crippen LogP contribution in [0, 0.1) is 17.2 Å². The van der Waals surface area contributed by atoms with Crippen LogP contribution in [0.5, 0.6) is 5.75 Å². The van der Waals surface area contributed by atoms with Crippen molar-refractivity contribution in [2.45, 2.75) is 19.3 Å². The van der Waals surface area contributed by atoms with Crippen LogP contribution in [-0.4, -0.2) is 17.8 Å². The van der Waals surface area contributed by atoms with Crippen molar-refractivity contribution in [1.29, 1.82) is 5.26 Å². The molecule has 1 saturated carbocycles. The fourth-order valence-electron chi connectivity index (χ4n) is 2.43. The fraction of sp³-hybridized carbons (Fsp3) is 0.312. The van der Waals surface area contributed by atoms with Crippen molar-refractivity contribution in [2.75, 3.05) is 7.11 Å². The molecule has 3 nitrogen and oxygen atoms in total. The van der Waals surface area contributed by atoms with Gasteiger partial charge in [0.2, 0.25) is 0 Å². The molecule has 0 atom stereocenters. The molecule has 1 heterocycles. The van der Waals surface area contributed by atoms with E-state index >= 15 is 0 Å². The lowest BCUT2D eigenvalue weighted by Gasteiger charge is -2.17. The Hall–Kier alpha value is -1.99. The minimum absolute atomic E-state index is 0.437. The maximum atomic E-state index is 9.35. The highest BCUT2D eigenvalue weighted by atomic mass is 32.1. The standard InChI is InChI=1S/C16H14N2OS/c1-19-12-6-4-10(5-7-12)13-8-15(11-2-3-11)18-16(20)14(13)9-17/h4-7,11H,2-3,8H2,1H3. The van der Waals surface area contributed by atoms with Gasteiger partial charge in [0.1, 0.15) is 16.8 Å². The molecule has 1 aromatic carbocycles. The molecule has 3 rings (SSSR count). The number of methoxy groups -OCH3 is 1. The normalized spacial score (nSPS) is 18.6. The summed E-state index contributed by atoms with van der Waals surface area (Å²) in [4.78, 5) is 4.89. The largest absolute Gasteiger partial charge is 0.497 e. The van der Waals surface area contributed by atoms with Gasteiger partial charge < -0.3 is 4.74 Å². The van der Waals surface area contributed by atoms with Crippen LogP contribution in [-0.2, 0) is 0 Å². The predicted molar refractivity (Wildman–Crippen MR) is 82.9 cm³/mol. The van der Waals surface area contributed by atoms with E-state index in [1.54, 1.807) is 7.11 Å². The van der Waals surface area contributed by atoms with E-state index in [0.717, 1.165) is 29.0 Å². The van der Waals surface area contributed by atoms with Crippen LogP contribution < -0.4 is 4.74 Å². The maximum absolute atomic E-state index is 9.35. The molecule has 0 spiro atoms. The lowest BCUT2D eigenvalue weighted by molar-refractivity contribution is 0.415. The third-order valence-corrected chi connectivity index (χ3v) is 4.01. The molecule has 0 amide bonds. The Labute approximate surface area is 123 Å². The van der Waals surface area contributed by atoms with E-state index in [1.165, 1.54) is 12.8 Å². The highest BCUT2D eigenvalue weighted by molar-refractivity contribution is 7.80. The minimum atomic E-state index is 0.437. The molecule has 1 aliphatic carbocycles. The number of hydrogen-bond acceptors (Lipinski definition) is 3. The zero-order valence-electron chi connectivity index (χ0n) is 11.2. The van der Waals surface area contributed by atoms with Crippen LogP contribution in [0.25, 0.3) is 5.57 Å². The van der Waals surface area contributed by atoms with Gasteiger partial charge in [0.15, 0.2) is 0 Å². The Bertz CT molecular complexity index is 661. The molecular weight excluding hydrogens is 268 g/mol. The Morgan fingerprint density at radius 2 is 2.00 bits per heavy atom. The summed E-state index contributed by atoms with van der Waals surface area (Å²) in [5.74, 6) is 1.38. The average molecular weight is 282 g/mol. The van der Waals surface area contributed by atoms with Gasteiger partial charge in [-0.05, 0) is 42.0 Å². The van der Waals surface area contributed by atoms with Crippen molar-refractivity contribution in [2.24, 2.45) is 10.9 Å². The van der Waals surface area contributed by atoms with Crippen LogP contribution >= 0.6 is 12.2 Å². The van der Waals surface area contributed by atoms with E-state index in [9.17, 15) is 5.26 Å². The van der Waals surface area contributed by atoms with E-state index in [0.29, 0.717) is 16.5 Å². The first kappa shape index (κ1) is 13.0. The molecule has 0 unspecified atom stereocenters. The summed E-state index contributed by atoms with van der Waals surface area (Å²) < 4.78 is 5.17. The molecule has 0 saturated heterocycles. The number of ether oxygens (including phenoxy) is 1. The van der Waals surface area contributed by atoms with Gasteiger partial charge in [-0.15, -0.1) is 0 Å². The van der Waals surface area contributed by atoms with Gasteiger partial charge in [-0.25, -0.2) is 4.99 Å². The highest BCUT2D eigenvalue weighted by Crippen LogP contribution is 2.38. The Morgan fingerprint density at radius 1 is 1.30 bits per heavy atom. The zero-order valence-corrected chi connectivity index (χ0v) is 12.0. The second kappa shape index (κ2) is 5.18. The van der Waals surface area contributed by atoms with Crippen LogP contribution in [0.1, 0.15) is 24.8 Å². The highest BCUT2D eigenvalue weighted by Gasteiger charge is 2.32. The van der Waals surface area contributed by atoms with Crippen LogP contribution in [0.4, 0.5) is 0 Å². The summed E-state index contributed by atoms with van der Waals surface area (Å²) in [6.45, 7) is 0. The number of nitriles is 1. The van der Waals surface area contributed by atoms with Gasteiger partial charge in [-0.3, -0.25) is 0 Å². The van der Waals surface area contributed by atoms with Crippen molar-refractivity contribution >= 4 is 28.5 Å². The molecule has 1 fully saturated rings. The van der Waals surface area contributed by atoms with Crippen LogP contribution in [0.3, 0.4) is 0 Å². The molecule has 0 bridgehead atoms. The third kappa shape index (κ3) is 2.37. The smallest absolute Gasteiger partial charge is 0.144 e. The molecule has 4 heteroatoms. The molecular formula is C16H14N2OS. The van der Waals surface area contributed by atoms with Gasteiger partial charge in [0.25, 0.3) is 0 Å². The quantitative estimate of drug-likeness (QED) is 0.796. The Balaban J connectivity index is 1.99. The first-order valence-electron chi connectivity index (χ1n) is 6.62. The topological polar surface area (TPSA) is 45.4 Å². The summed E-state index contributed by atoms with van der Waals surface area (Å²) in [7, 11) is 1.64. The van der Waals surface area contributed by atoms with Crippen molar-refractivity contribution in [3.8, 4) is 11.8 Å². The van der Waals surface area contributed by atoms with Crippen molar-refractivity contribution < 1.29 is 4.74 Å². The number of hydrogen-bond donors (Lipinski definition) is 0. The monoisotopic (exact) mass is 282 g/mol. The lowest BCUT2D eigenvalue weighted by Crippen LogP contribution is -2.14. The first-order valence-corrected chi connectivity index (χ1v) is 7.03. The summed E-state index contributed by atoms with van der Waals surface area (Å²) in [6, 6.07) is 9.97. The van der Waals surface area contributed by atoms with Gasteiger partial charge in [0, 0.05) is 12.1 Å². The summed E-state index contributed by atoms with van der Waals surface area (Å²) in [6.07, 6.45) is 3.12. The number of nitrogens with zero attached hydrogens (tertiary/aromatic N) is 2. The summed E-state index contributed by atoms with van der Waals surface area (Å²) >= 11 is 5.28. The second-order valence-corrected chi connectivity index (χ2v) is 5.44. The van der Waals surface area contributed by atoms with Gasteiger partial charge in [-0.1, -0.05) is 24.4 Å². The van der Waals surface area contributed by atoms with E-state index in [-0.39, 0.29) is 0 Å². The van der Waals surface area contributed by atoms with E-state index in [2.05, 4.69) is 11.1 Å². The van der Waals surface area contributed by atoms with Crippen LogP contribution in [0.15, 0.2) is 34.8 Å². The molecule has 1 aromatic rings. The van der Waals surface area contributed by atoms with E-state index in [4.69, 9.17) is 17.0 Å². The number of aliphatic imine (C=N–C) groups is 1.